The summed E-state index contributed by atoms with van der Waals surface area (Å²) in [5.74, 6) is 1.17. The molecule has 1 atom stereocenters. The zero-order chi connectivity index (χ0) is 25.1. The van der Waals surface area contributed by atoms with Crippen LogP contribution in [0.3, 0.4) is 0 Å². The van der Waals surface area contributed by atoms with E-state index in [-0.39, 0.29) is 17.9 Å². The molecule has 3 heterocycles. The summed E-state index contributed by atoms with van der Waals surface area (Å²) in [6, 6.07) is 9.48. The van der Waals surface area contributed by atoms with Gasteiger partial charge in [-0.1, -0.05) is 18.9 Å². The molecule has 1 N–H and O–H groups in total. The minimum Gasteiger partial charge on any atom is -0.370 e. The Morgan fingerprint density at radius 1 is 1.17 bits per heavy atom. The molecule has 1 saturated carbocycles. The molecular formula is C28H35N5O3. The van der Waals surface area contributed by atoms with Gasteiger partial charge >= 0.3 is 0 Å². The van der Waals surface area contributed by atoms with Gasteiger partial charge in [0.2, 0.25) is 5.91 Å². The molecular weight excluding hydrogens is 454 g/mol. The van der Waals surface area contributed by atoms with E-state index in [1.165, 1.54) is 12.8 Å². The molecule has 3 aromatic rings. The van der Waals surface area contributed by atoms with Crippen molar-refractivity contribution in [2.45, 2.75) is 57.5 Å². The molecule has 1 aliphatic heterocycles. The van der Waals surface area contributed by atoms with Gasteiger partial charge in [-0.15, -0.1) is 0 Å². The number of anilines is 1. The second-order valence-corrected chi connectivity index (χ2v) is 10.1. The van der Waals surface area contributed by atoms with E-state index in [2.05, 4.69) is 10.3 Å². The SMILES string of the molecule is CN(CCc1ccccn1)C(=O)c1cc(NC(=O)CC2CCCC2)cc2nc(C3CCCO3)n(C)c12. The molecule has 2 aliphatic rings. The zero-order valence-electron chi connectivity index (χ0n) is 21.2. The third kappa shape index (κ3) is 5.28. The summed E-state index contributed by atoms with van der Waals surface area (Å²) in [5, 5.41) is 3.05. The van der Waals surface area contributed by atoms with E-state index in [1.807, 2.05) is 35.9 Å². The Morgan fingerprint density at radius 2 is 2.00 bits per heavy atom. The summed E-state index contributed by atoms with van der Waals surface area (Å²) in [4.78, 5) is 37.5. The van der Waals surface area contributed by atoms with Gasteiger partial charge < -0.3 is 19.5 Å². The van der Waals surface area contributed by atoms with Gasteiger partial charge in [0.15, 0.2) is 0 Å². The Balaban J connectivity index is 1.44. The maximum Gasteiger partial charge on any atom is 0.255 e. The molecule has 8 heteroatoms. The highest BCUT2D eigenvalue weighted by molar-refractivity contribution is 6.07. The van der Waals surface area contributed by atoms with Gasteiger partial charge in [0, 0.05) is 57.7 Å². The fraction of sp³-hybridized carbons (Fsp3) is 0.500. The number of carbonyl (C=O) groups excluding carboxylic acids is 2. The molecule has 0 spiro atoms. The summed E-state index contributed by atoms with van der Waals surface area (Å²) in [6.45, 7) is 1.25. The normalized spacial score (nSPS) is 18.1. The number of nitrogens with one attached hydrogen (secondary N) is 1. The van der Waals surface area contributed by atoms with Crippen molar-refractivity contribution < 1.29 is 14.3 Å². The number of pyridine rings is 1. The lowest BCUT2D eigenvalue weighted by atomic mass is 10.0. The summed E-state index contributed by atoms with van der Waals surface area (Å²) < 4.78 is 7.88. The fourth-order valence-corrected chi connectivity index (χ4v) is 5.50. The summed E-state index contributed by atoms with van der Waals surface area (Å²) in [7, 11) is 3.75. The highest BCUT2D eigenvalue weighted by Gasteiger charge is 2.27. The number of benzene rings is 1. The van der Waals surface area contributed by atoms with Crippen molar-refractivity contribution in [2.24, 2.45) is 13.0 Å². The van der Waals surface area contributed by atoms with Crippen molar-refractivity contribution in [1.82, 2.24) is 19.4 Å². The first-order valence-electron chi connectivity index (χ1n) is 13.1. The van der Waals surface area contributed by atoms with Gasteiger partial charge in [-0.25, -0.2) is 4.98 Å². The number of fused-ring (bicyclic) bond motifs is 1. The molecule has 190 valence electrons. The van der Waals surface area contributed by atoms with Crippen LogP contribution in [0.1, 0.15) is 72.9 Å². The quantitative estimate of drug-likeness (QED) is 0.497. The lowest BCUT2D eigenvalue weighted by Gasteiger charge is -2.19. The second kappa shape index (κ2) is 10.8. The van der Waals surface area contributed by atoms with Crippen molar-refractivity contribution in [3.05, 3.63) is 53.6 Å². The number of likely N-dealkylation sites (N-methyl/N-ethyl adjacent to an activating group) is 1. The average Bonchev–Trinajstić information content (AvgIpc) is 3.65. The number of ether oxygens (including phenoxy) is 1. The van der Waals surface area contributed by atoms with E-state index in [1.54, 1.807) is 24.2 Å². The summed E-state index contributed by atoms with van der Waals surface area (Å²) in [6.07, 6.45) is 9.41. The first kappa shape index (κ1) is 24.4. The highest BCUT2D eigenvalue weighted by atomic mass is 16.5. The monoisotopic (exact) mass is 489 g/mol. The Hall–Kier alpha value is -3.26. The maximum atomic E-state index is 13.7. The van der Waals surface area contributed by atoms with E-state index in [0.717, 1.165) is 49.3 Å². The van der Waals surface area contributed by atoms with Gasteiger partial charge in [0.1, 0.15) is 11.9 Å². The van der Waals surface area contributed by atoms with E-state index in [0.29, 0.717) is 42.1 Å². The van der Waals surface area contributed by atoms with Crippen LogP contribution in [0.4, 0.5) is 5.69 Å². The molecule has 5 rings (SSSR count). The molecule has 0 bridgehead atoms. The van der Waals surface area contributed by atoms with Gasteiger partial charge in [0.05, 0.1) is 16.6 Å². The highest BCUT2D eigenvalue weighted by Crippen LogP contribution is 2.33. The minimum absolute atomic E-state index is 0.00145. The van der Waals surface area contributed by atoms with Crippen LogP contribution in [0.15, 0.2) is 36.5 Å². The van der Waals surface area contributed by atoms with Crippen LogP contribution < -0.4 is 5.32 Å². The summed E-state index contributed by atoms with van der Waals surface area (Å²) in [5.41, 5.74) is 3.55. The second-order valence-electron chi connectivity index (χ2n) is 10.1. The Labute approximate surface area is 212 Å². The molecule has 36 heavy (non-hydrogen) atoms. The Kier molecular flexibility index (Phi) is 7.32. The van der Waals surface area contributed by atoms with Crippen LogP contribution in [-0.2, 0) is 23.0 Å². The van der Waals surface area contributed by atoms with Crippen LogP contribution in [0, 0.1) is 5.92 Å². The molecule has 0 radical (unpaired) electrons. The molecule has 1 unspecified atom stereocenters. The van der Waals surface area contributed by atoms with Crippen LogP contribution >= 0.6 is 0 Å². The standard InChI is InChI=1S/C28H35N5O3/c1-32(14-12-20-10-5-6-13-29-20)28(35)22-17-21(30-25(34)16-19-8-3-4-9-19)18-23-26(22)33(2)27(31-23)24-11-7-15-36-24/h5-6,10,13,17-19,24H,3-4,7-9,11-12,14-16H2,1-2H3,(H,30,34). The number of rotatable bonds is 8. The average molecular weight is 490 g/mol. The van der Waals surface area contributed by atoms with Crippen molar-refractivity contribution in [3.63, 3.8) is 0 Å². The lowest BCUT2D eigenvalue weighted by molar-refractivity contribution is -0.117. The number of imidazole rings is 1. The first-order valence-corrected chi connectivity index (χ1v) is 13.1. The molecule has 1 aliphatic carbocycles. The molecule has 2 amide bonds. The van der Waals surface area contributed by atoms with E-state index < -0.39 is 0 Å². The number of carbonyl (C=O) groups is 2. The van der Waals surface area contributed by atoms with Crippen LogP contribution in [0.25, 0.3) is 11.0 Å². The number of aromatic nitrogens is 3. The number of hydrogen-bond acceptors (Lipinski definition) is 5. The van der Waals surface area contributed by atoms with Crippen LogP contribution in [0.2, 0.25) is 0 Å². The predicted molar refractivity (Wildman–Crippen MR) is 139 cm³/mol. The molecule has 1 saturated heterocycles. The Bertz CT molecular complexity index is 1230. The van der Waals surface area contributed by atoms with E-state index in [4.69, 9.17) is 9.72 Å². The molecule has 2 aromatic heterocycles. The molecule has 1 aromatic carbocycles. The molecule has 8 nitrogen and oxygen atoms in total. The number of amides is 2. The third-order valence-corrected chi connectivity index (χ3v) is 7.46. The summed E-state index contributed by atoms with van der Waals surface area (Å²) >= 11 is 0. The van der Waals surface area contributed by atoms with Crippen molar-refractivity contribution in [3.8, 4) is 0 Å². The lowest BCUT2D eigenvalue weighted by Crippen LogP contribution is -2.29. The van der Waals surface area contributed by atoms with Gasteiger partial charge in [0.25, 0.3) is 5.91 Å². The van der Waals surface area contributed by atoms with Crippen LogP contribution in [-0.4, -0.2) is 51.4 Å². The minimum atomic E-state index is -0.107. The first-order chi connectivity index (χ1) is 17.5. The largest absolute Gasteiger partial charge is 0.370 e. The third-order valence-electron chi connectivity index (χ3n) is 7.46. The smallest absolute Gasteiger partial charge is 0.255 e. The van der Waals surface area contributed by atoms with E-state index in [9.17, 15) is 9.59 Å². The van der Waals surface area contributed by atoms with Crippen molar-refractivity contribution >= 4 is 28.5 Å². The van der Waals surface area contributed by atoms with E-state index >= 15 is 0 Å². The van der Waals surface area contributed by atoms with Gasteiger partial charge in [-0.2, -0.15) is 0 Å². The zero-order valence-corrected chi connectivity index (χ0v) is 21.2. The van der Waals surface area contributed by atoms with Crippen molar-refractivity contribution in [1.29, 1.82) is 0 Å². The fourth-order valence-electron chi connectivity index (χ4n) is 5.50. The predicted octanol–water partition coefficient (Wildman–Crippen LogP) is 4.65. The maximum absolute atomic E-state index is 13.7. The number of nitrogens with zero attached hydrogens (tertiary/aromatic N) is 4. The van der Waals surface area contributed by atoms with Crippen molar-refractivity contribution in [2.75, 3.05) is 25.5 Å². The molecule has 2 fully saturated rings. The van der Waals surface area contributed by atoms with Gasteiger partial charge in [-0.3, -0.25) is 14.6 Å². The van der Waals surface area contributed by atoms with Crippen LogP contribution in [0.5, 0.6) is 0 Å². The number of hydrogen-bond donors (Lipinski definition) is 1. The van der Waals surface area contributed by atoms with Gasteiger partial charge in [-0.05, 0) is 55.9 Å². The topological polar surface area (TPSA) is 89.3 Å². The Morgan fingerprint density at radius 3 is 2.72 bits per heavy atom. The number of aryl methyl sites for hydroxylation is 1.